The first-order valence-electron chi connectivity index (χ1n) is 7.75. The lowest BCUT2D eigenvalue weighted by atomic mass is 9.90. The minimum Gasteiger partial charge on any atom is -0.314 e. The van der Waals surface area contributed by atoms with E-state index in [2.05, 4.69) is 24.1 Å². The van der Waals surface area contributed by atoms with Crippen LogP contribution in [0.5, 0.6) is 0 Å². The summed E-state index contributed by atoms with van der Waals surface area (Å²) in [6.07, 6.45) is 8.65. The van der Waals surface area contributed by atoms with Crippen LogP contribution in [0, 0.1) is 11.8 Å². The molecule has 0 radical (unpaired) electrons. The third-order valence-electron chi connectivity index (χ3n) is 4.74. The molecule has 0 aromatic rings. The highest BCUT2D eigenvalue weighted by Crippen LogP contribution is 2.33. The molecule has 2 heteroatoms. The van der Waals surface area contributed by atoms with Crippen molar-refractivity contribution in [3.63, 3.8) is 0 Å². The number of hydrogen-bond donors (Lipinski definition) is 1. The van der Waals surface area contributed by atoms with Crippen LogP contribution >= 0.6 is 0 Å². The van der Waals surface area contributed by atoms with Crippen LogP contribution in [0.2, 0.25) is 0 Å². The molecule has 0 spiro atoms. The van der Waals surface area contributed by atoms with Crippen molar-refractivity contribution in [1.29, 1.82) is 0 Å². The number of nitrogens with one attached hydrogen (secondary N) is 1. The van der Waals surface area contributed by atoms with Crippen molar-refractivity contribution < 1.29 is 0 Å². The Labute approximate surface area is 107 Å². The molecule has 2 nitrogen and oxygen atoms in total. The van der Waals surface area contributed by atoms with Gasteiger partial charge in [0.05, 0.1) is 0 Å². The van der Waals surface area contributed by atoms with Gasteiger partial charge in [-0.2, -0.15) is 0 Å². The van der Waals surface area contributed by atoms with E-state index in [0.29, 0.717) is 0 Å². The summed E-state index contributed by atoms with van der Waals surface area (Å²) in [5, 5.41) is 3.75. The van der Waals surface area contributed by atoms with E-state index in [9.17, 15) is 0 Å². The zero-order chi connectivity index (χ0) is 12.1. The molecule has 1 saturated heterocycles. The molecular weight excluding hydrogens is 208 g/mol. The molecule has 1 aliphatic carbocycles. The second-order valence-corrected chi connectivity index (χ2v) is 6.10. The summed E-state index contributed by atoms with van der Waals surface area (Å²) in [7, 11) is 0. The Hall–Kier alpha value is -0.0800. The highest BCUT2D eigenvalue weighted by atomic mass is 15.1. The molecule has 0 bridgehead atoms. The molecule has 17 heavy (non-hydrogen) atoms. The fourth-order valence-corrected chi connectivity index (χ4v) is 3.06. The Morgan fingerprint density at radius 2 is 1.88 bits per heavy atom. The Kier molecular flexibility index (Phi) is 5.30. The van der Waals surface area contributed by atoms with Gasteiger partial charge < -0.3 is 10.2 Å². The largest absolute Gasteiger partial charge is 0.314 e. The van der Waals surface area contributed by atoms with Gasteiger partial charge in [-0.15, -0.1) is 0 Å². The van der Waals surface area contributed by atoms with E-state index in [0.717, 1.165) is 17.9 Å². The van der Waals surface area contributed by atoms with Crippen molar-refractivity contribution in [2.75, 3.05) is 26.2 Å². The SMILES string of the molecule is CCN1CCC(C(C)NCCCC2CC2)CC1. The number of rotatable bonds is 7. The molecule has 0 aromatic heterocycles. The first-order valence-corrected chi connectivity index (χ1v) is 7.75. The van der Waals surface area contributed by atoms with Crippen LogP contribution in [0.25, 0.3) is 0 Å². The zero-order valence-electron chi connectivity index (χ0n) is 11.8. The van der Waals surface area contributed by atoms with Crippen LogP contribution in [0.15, 0.2) is 0 Å². The van der Waals surface area contributed by atoms with E-state index in [4.69, 9.17) is 0 Å². The van der Waals surface area contributed by atoms with E-state index >= 15 is 0 Å². The van der Waals surface area contributed by atoms with Crippen molar-refractivity contribution in [3.8, 4) is 0 Å². The summed E-state index contributed by atoms with van der Waals surface area (Å²) in [4.78, 5) is 2.58. The van der Waals surface area contributed by atoms with Gasteiger partial charge in [-0.05, 0) is 70.6 Å². The number of hydrogen-bond acceptors (Lipinski definition) is 2. The number of piperidine rings is 1. The van der Waals surface area contributed by atoms with Crippen LogP contribution in [-0.2, 0) is 0 Å². The maximum Gasteiger partial charge on any atom is 0.00679 e. The van der Waals surface area contributed by atoms with E-state index in [1.54, 1.807) is 0 Å². The van der Waals surface area contributed by atoms with Crippen molar-refractivity contribution in [2.45, 2.75) is 58.4 Å². The first-order chi connectivity index (χ1) is 8.29. The highest BCUT2D eigenvalue weighted by molar-refractivity contribution is 4.79. The fourth-order valence-electron chi connectivity index (χ4n) is 3.06. The minimum atomic E-state index is 0.730. The lowest BCUT2D eigenvalue weighted by Gasteiger charge is -2.34. The molecular formula is C15H30N2. The topological polar surface area (TPSA) is 15.3 Å². The standard InChI is InChI=1S/C15H30N2/c1-3-17-11-8-15(9-12-17)13(2)16-10-4-5-14-6-7-14/h13-16H,3-12H2,1-2H3. The quantitative estimate of drug-likeness (QED) is 0.686. The highest BCUT2D eigenvalue weighted by Gasteiger charge is 2.23. The molecule has 1 aliphatic heterocycles. The predicted octanol–water partition coefficient (Wildman–Crippen LogP) is 2.89. The minimum absolute atomic E-state index is 0.730. The second kappa shape index (κ2) is 6.75. The fraction of sp³-hybridized carbons (Fsp3) is 1.00. The third-order valence-corrected chi connectivity index (χ3v) is 4.74. The summed E-state index contributed by atoms with van der Waals surface area (Å²) in [6.45, 7) is 9.77. The van der Waals surface area contributed by atoms with Gasteiger partial charge in [-0.1, -0.05) is 19.8 Å². The first kappa shape index (κ1) is 13.4. The van der Waals surface area contributed by atoms with Gasteiger partial charge in [0.2, 0.25) is 0 Å². The normalized spacial score (nSPS) is 25.1. The molecule has 1 atom stereocenters. The predicted molar refractivity (Wildman–Crippen MR) is 74.3 cm³/mol. The Morgan fingerprint density at radius 3 is 2.47 bits per heavy atom. The van der Waals surface area contributed by atoms with Crippen molar-refractivity contribution >= 4 is 0 Å². The lowest BCUT2D eigenvalue weighted by molar-refractivity contribution is 0.169. The molecule has 0 amide bonds. The molecule has 2 rings (SSSR count). The van der Waals surface area contributed by atoms with Crippen molar-refractivity contribution in [1.82, 2.24) is 10.2 Å². The van der Waals surface area contributed by atoms with E-state index in [1.165, 1.54) is 64.7 Å². The third kappa shape index (κ3) is 4.59. The van der Waals surface area contributed by atoms with Gasteiger partial charge in [-0.3, -0.25) is 0 Å². The van der Waals surface area contributed by atoms with Crippen molar-refractivity contribution in [3.05, 3.63) is 0 Å². The van der Waals surface area contributed by atoms with Gasteiger partial charge in [0, 0.05) is 6.04 Å². The molecule has 2 fully saturated rings. The molecule has 1 heterocycles. The van der Waals surface area contributed by atoms with Crippen LogP contribution in [0.4, 0.5) is 0 Å². The average Bonchev–Trinajstić information content (AvgIpc) is 3.18. The van der Waals surface area contributed by atoms with Gasteiger partial charge >= 0.3 is 0 Å². The molecule has 0 aromatic carbocycles. The average molecular weight is 238 g/mol. The lowest BCUT2D eigenvalue weighted by Crippen LogP contribution is -2.42. The summed E-state index contributed by atoms with van der Waals surface area (Å²) in [6, 6.07) is 0.730. The summed E-state index contributed by atoms with van der Waals surface area (Å²) < 4.78 is 0. The van der Waals surface area contributed by atoms with Gasteiger partial charge in [0.15, 0.2) is 0 Å². The van der Waals surface area contributed by atoms with Crippen LogP contribution in [0.3, 0.4) is 0 Å². The Morgan fingerprint density at radius 1 is 1.18 bits per heavy atom. The Balaban J connectivity index is 1.54. The molecule has 1 N–H and O–H groups in total. The van der Waals surface area contributed by atoms with E-state index in [-0.39, 0.29) is 0 Å². The molecule has 1 unspecified atom stereocenters. The maximum atomic E-state index is 3.75. The summed E-state index contributed by atoms with van der Waals surface area (Å²) in [5.41, 5.74) is 0. The van der Waals surface area contributed by atoms with Crippen LogP contribution in [-0.4, -0.2) is 37.1 Å². The smallest absolute Gasteiger partial charge is 0.00679 e. The molecule has 100 valence electrons. The second-order valence-electron chi connectivity index (χ2n) is 6.10. The van der Waals surface area contributed by atoms with Crippen LogP contribution in [0.1, 0.15) is 52.4 Å². The van der Waals surface area contributed by atoms with Gasteiger partial charge in [0.1, 0.15) is 0 Å². The maximum absolute atomic E-state index is 3.75. The molecule has 1 saturated carbocycles. The summed E-state index contributed by atoms with van der Waals surface area (Å²) >= 11 is 0. The zero-order valence-corrected chi connectivity index (χ0v) is 11.8. The van der Waals surface area contributed by atoms with E-state index in [1.807, 2.05) is 0 Å². The van der Waals surface area contributed by atoms with Crippen molar-refractivity contribution in [2.24, 2.45) is 11.8 Å². The monoisotopic (exact) mass is 238 g/mol. The Bertz CT molecular complexity index is 205. The van der Waals surface area contributed by atoms with Gasteiger partial charge in [0.25, 0.3) is 0 Å². The number of likely N-dealkylation sites (tertiary alicyclic amines) is 1. The van der Waals surface area contributed by atoms with Crippen LogP contribution < -0.4 is 5.32 Å². The molecule has 2 aliphatic rings. The van der Waals surface area contributed by atoms with Gasteiger partial charge in [-0.25, -0.2) is 0 Å². The van der Waals surface area contributed by atoms with E-state index < -0.39 is 0 Å². The summed E-state index contributed by atoms with van der Waals surface area (Å²) in [5.74, 6) is 2.01. The number of nitrogens with zero attached hydrogens (tertiary/aromatic N) is 1.